The Labute approximate surface area is 226 Å². The molecule has 0 bridgehead atoms. The highest BCUT2D eigenvalue weighted by atomic mass is 127. The number of piperidine rings is 1. The number of hydrogen-bond acceptors (Lipinski definition) is 7. The average molecular weight is 610 g/mol. The number of nitrogens with one attached hydrogen (secondary N) is 1. The van der Waals surface area contributed by atoms with E-state index >= 15 is 0 Å². The Morgan fingerprint density at radius 2 is 1.94 bits per heavy atom. The number of halogens is 1. The van der Waals surface area contributed by atoms with Crippen LogP contribution in [0.4, 0.5) is 10.6 Å². The fraction of sp³-hybridized carbons (Fsp3) is 0.600. The van der Waals surface area contributed by atoms with Gasteiger partial charge in [0.1, 0.15) is 15.6 Å². The van der Waals surface area contributed by atoms with Crippen LogP contribution in [0, 0.1) is 3.70 Å². The number of fused-ring (bicyclic) bond motifs is 1. The Hall–Kier alpha value is -2.41. The highest BCUT2D eigenvalue weighted by Crippen LogP contribution is 2.25. The number of amides is 2. The van der Waals surface area contributed by atoms with Crippen LogP contribution in [0.5, 0.6) is 0 Å². The van der Waals surface area contributed by atoms with Gasteiger partial charge in [0, 0.05) is 56.3 Å². The molecule has 0 aromatic carbocycles. The third kappa shape index (κ3) is 6.47. The van der Waals surface area contributed by atoms with E-state index in [0.717, 1.165) is 40.1 Å². The van der Waals surface area contributed by atoms with E-state index in [2.05, 4.69) is 51.8 Å². The molecule has 196 valence electrons. The molecule has 2 aromatic heterocycles. The zero-order chi connectivity index (χ0) is 25.8. The summed E-state index contributed by atoms with van der Waals surface area (Å²) in [4.78, 5) is 35.3. The molecule has 0 saturated carbocycles. The van der Waals surface area contributed by atoms with Crippen LogP contribution in [0.1, 0.15) is 44.6 Å². The zero-order valence-corrected chi connectivity index (χ0v) is 23.6. The molecule has 0 radical (unpaired) electrons. The van der Waals surface area contributed by atoms with Crippen molar-refractivity contribution in [3.8, 4) is 0 Å². The fourth-order valence-electron chi connectivity index (χ4n) is 4.59. The summed E-state index contributed by atoms with van der Waals surface area (Å²) < 4.78 is 8.54. The van der Waals surface area contributed by atoms with E-state index in [0.29, 0.717) is 38.5 Å². The smallest absolute Gasteiger partial charge is 0.410 e. The maximum absolute atomic E-state index is 12.8. The number of anilines is 1. The maximum Gasteiger partial charge on any atom is 0.410 e. The predicted octanol–water partition coefficient (Wildman–Crippen LogP) is 3.19. The van der Waals surface area contributed by atoms with Crippen LogP contribution in [-0.4, -0.2) is 100 Å². The number of carbonyl (C=O) groups is 2. The van der Waals surface area contributed by atoms with E-state index < -0.39 is 0 Å². The monoisotopic (exact) mass is 609 g/mol. The first-order valence-corrected chi connectivity index (χ1v) is 13.7. The van der Waals surface area contributed by atoms with E-state index in [-0.39, 0.29) is 24.1 Å². The second-order valence-electron chi connectivity index (χ2n) is 10.1. The molecule has 1 atom stereocenters. The Bertz CT molecular complexity index is 1110. The highest BCUT2D eigenvalue weighted by Gasteiger charge is 2.31. The van der Waals surface area contributed by atoms with Gasteiger partial charge in [-0.15, -0.1) is 0 Å². The minimum Gasteiger partial charge on any atom is -0.444 e. The molecule has 0 spiro atoms. The molecule has 10 nitrogen and oxygen atoms in total. The molecule has 36 heavy (non-hydrogen) atoms. The van der Waals surface area contributed by atoms with Crippen LogP contribution in [0.2, 0.25) is 0 Å². The summed E-state index contributed by atoms with van der Waals surface area (Å²) in [7, 11) is 3.92. The molecule has 0 aliphatic carbocycles. The lowest BCUT2D eigenvalue weighted by Crippen LogP contribution is -2.44. The van der Waals surface area contributed by atoms with Crippen molar-refractivity contribution in [3.05, 3.63) is 33.7 Å². The van der Waals surface area contributed by atoms with Crippen LogP contribution >= 0.6 is 22.6 Å². The van der Waals surface area contributed by atoms with Gasteiger partial charge >= 0.3 is 6.09 Å². The van der Waals surface area contributed by atoms with Crippen molar-refractivity contribution in [1.29, 1.82) is 0 Å². The first kappa shape index (κ1) is 26.6. The van der Waals surface area contributed by atoms with Crippen LogP contribution < -0.4 is 5.32 Å². The Balaban J connectivity index is 1.26. The second-order valence-corrected chi connectivity index (χ2v) is 11.2. The van der Waals surface area contributed by atoms with Gasteiger partial charge in [0.25, 0.3) is 0 Å². The van der Waals surface area contributed by atoms with Crippen LogP contribution in [0.25, 0.3) is 5.65 Å². The SMILES string of the molecule is CC(C)c1cnn2c(NC3CCN(C(=O)O[C@H]4CCN(C(=O)/C=C/CN(C)C)C4)CC3)cc(I)nc12. The van der Waals surface area contributed by atoms with Crippen molar-refractivity contribution in [2.75, 3.05) is 52.1 Å². The summed E-state index contributed by atoms with van der Waals surface area (Å²) in [6.07, 6.45) is 7.13. The number of likely N-dealkylation sites (tertiary alicyclic amines) is 2. The molecular formula is C25H36IN7O3. The molecule has 1 N–H and O–H groups in total. The van der Waals surface area contributed by atoms with Gasteiger partial charge in [-0.2, -0.15) is 9.61 Å². The zero-order valence-electron chi connectivity index (χ0n) is 21.5. The third-order valence-electron chi connectivity index (χ3n) is 6.65. The molecule has 4 rings (SSSR count). The minimum absolute atomic E-state index is 0.0279. The molecule has 2 amide bonds. The molecular weight excluding hydrogens is 573 g/mol. The maximum atomic E-state index is 12.8. The number of nitrogens with zero attached hydrogens (tertiary/aromatic N) is 6. The van der Waals surface area contributed by atoms with Crippen LogP contribution in [0.3, 0.4) is 0 Å². The number of hydrogen-bond donors (Lipinski definition) is 1. The Kier molecular flexibility index (Phi) is 8.70. The Morgan fingerprint density at radius 1 is 1.22 bits per heavy atom. The van der Waals surface area contributed by atoms with E-state index in [4.69, 9.17) is 4.74 Å². The van der Waals surface area contributed by atoms with Gasteiger partial charge in [0.05, 0.1) is 12.7 Å². The van der Waals surface area contributed by atoms with Crippen molar-refractivity contribution in [1.82, 2.24) is 29.3 Å². The number of aromatic nitrogens is 3. The minimum atomic E-state index is -0.287. The van der Waals surface area contributed by atoms with Gasteiger partial charge in [-0.25, -0.2) is 9.78 Å². The second kappa shape index (κ2) is 11.8. The molecule has 2 aliphatic rings. The molecule has 2 aromatic rings. The lowest BCUT2D eigenvalue weighted by Gasteiger charge is -2.32. The van der Waals surface area contributed by atoms with Gasteiger partial charge < -0.3 is 24.8 Å². The first-order chi connectivity index (χ1) is 17.2. The Morgan fingerprint density at radius 3 is 2.64 bits per heavy atom. The summed E-state index contributed by atoms with van der Waals surface area (Å²) in [5, 5.41) is 8.17. The molecule has 2 fully saturated rings. The predicted molar refractivity (Wildman–Crippen MR) is 147 cm³/mol. The van der Waals surface area contributed by atoms with Gasteiger partial charge in [0.2, 0.25) is 5.91 Å². The molecule has 2 aliphatic heterocycles. The van der Waals surface area contributed by atoms with Gasteiger partial charge in [-0.05, 0) is 55.4 Å². The number of carbonyl (C=O) groups excluding carboxylic acids is 2. The van der Waals surface area contributed by atoms with Crippen LogP contribution in [-0.2, 0) is 9.53 Å². The van der Waals surface area contributed by atoms with Crippen LogP contribution in [0.15, 0.2) is 24.4 Å². The summed E-state index contributed by atoms with van der Waals surface area (Å²) >= 11 is 2.24. The standard InChI is InChI=1S/C25H36IN7O3/c1-17(2)20-15-27-33-22(14-21(26)29-24(20)33)28-18-7-11-31(12-8-18)25(35)36-19-9-13-32(16-19)23(34)6-5-10-30(3)4/h5-6,14-15,17-19,28H,7-13,16H2,1-4H3/b6-5+/t19-/m0/s1. The first-order valence-electron chi connectivity index (χ1n) is 12.6. The van der Waals surface area contributed by atoms with Crippen molar-refractivity contribution in [2.45, 2.75) is 51.2 Å². The molecule has 2 saturated heterocycles. The molecule has 4 heterocycles. The van der Waals surface area contributed by atoms with Gasteiger partial charge in [0.15, 0.2) is 5.65 Å². The van der Waals surface area contributed by atoms with Gasteiger partial charge in [-0.3, -0.25) is 4.79 Å². The summed E-state index contributed by atoms with van der Waals surface area (Å²) in [5.74, 6) is 1.24. The third-order valence-corrected chi connectivity index (χ3v) is 7.20. The lowest BCUT2D eigenvalue weighted by molar-refractivity contribution is -0.125. The molecule has 0 unspecified atom stereocenters. The topological polar surface area (TPSA) is 95.3 Å². The number of rotatable bonds is 7. The van der Waals surface area contributed by atoms with E-state index in [1.54, 1.807) is 15.9 Å². The van der Waals surface area contributed by atoms with E-state index in [9.17, 15) is 9.59 Å². The van der Waals surface area contributed by atoms with Crippen molar-refractivity contribution in [2.24, 2.45) is 0 Å². The van der Waals surface area contributed by atoms with Crippen molar-refractivity contribution in [3.63, 3.8) is 0 Å². The van der Waals surface area contributed by atoms with Gasteiger partial charge in [-0.1, -0.05) is 19.9 Å². The summed E-state index contributed by atoms with van der Waals surface area (Å²) in [6.45, 7) is 7.32. The number of likely N-dealkylation sites (N-methyl/N-ethyl adjacent to an activating group) is 1. The summed E-state index contributed by atoms with van der Waals surface area (Å²) in [5.41, 5.74) is 2.02. The number of ether oxygens (including phenoxy) is 1. The molecule has 11 heteroatoms. The lowest BCUT2D eigenvalue weighted by atomic mass is 10.1. The van der Waals surface area contributed by atoms with Crippen molar-refractivity contribution >= 4 is 46.1 Å². The van der Waals surface area contributed by atoms with Crippen molar-refractivity contribution < 1.29 is 14.3 Å². The van der Waals surface area contributed by atoms with E-state index in [1.807, 2.05) is 41.8 Å². The highest BCUT2D eigenvalue weighted by molar-refractivity contribution is 14.1. The quantitative estimate of drug-likeness (QED) is 0.293. The largest absolute Gasteiger partial charge is 0.444 e. The fourth-order valence-corrected chi connectivity index (χ4v) is 5.11. The summed E-state index contributed by atoms with van der Waals surface area (Å²) in [6, 6.07) is 2.24. The average Bonchev–Trinajstić information content (AvgIpc) is 3.46. The van der Waals surface area contributed by atoms with E-state index in [1.165, 1.54) is 0 Å². The normalized spacial score (nSPS) is 19.2.